The third-order valence-electron chi connectivity index (χ3n) is 6.86. The van der Waals surface area contributed by atoms with E-state index in [2.05, 4.69) is 36.9 Å². The minimum Gasteiger partial charge on any atom is -1.00 e. The Hall–Kier alpha value is -1.42. The molecule has 2 nitrogen and oxygen atoms in total. The van der Waals surface area contributed by atoms with Crippen molar-refractivity contribution in [3.63, 3.8) is 0 Å². The van der Waals surface area contributed by atoms with Crippen molar-refractivity contribution in [3.8, 4) is 0 Å². The molecule has 0 atom stereocenters. The molecule has 3 aliphatic rings. The van der Waals surface area contributed by atoms with Crippen LogP contribution in [0.1, 0.15) is 30.4 Å². The second-order valence-electron chi connectivity index (χ2n) is 7.96. The number of nitrogens with zero attached hydrogens (tertiary/aromatic N) is 1. The van der Waals surface area contributed by atoms with Gasteiger partial charge in [-0.2, -0.15) is 0 Å². The predicted octanol–water partition coefficient (Wildman–Crippen LogP) is 1.11. The van der Waals surface area contributed by atoms with Crippen molar-refractivity contribution in [2.24, 2.45) is 5.41 Å². The van der Waals surface area contributed by atoms with E-state index in [1.165, 1.54) is 0 Å². The van der Waals surface area contributed by atoms with Gasteiger partial charge in [0.15, 0.2) is 0 Å². The second kappa shape index (κ2) is 7.30. The topological polar surface area (TPSA) is 20.2 Å². The zero-order chi connectivity index (χ0) is 17.4. The quantitative estimate of drug-likeness (QED) is 0.574. The SMILES string of the molecule is C=CC[N+]12CCC(C(O)(c3ccccc3)c3ccccc3)(CC1)CC2.[Br-]. The highest BCUT2D eigenvalue weighted by Gasteiger charge is 2.59. The summed E-state index contributed by atoms with van der Waals surface area (Å²) < 4.78 is 1.16. The molecule has 2 aromatic carbocycles. The first kappa shape index (κ1) is 19.3. The van der Waals surface area contributed by atoms with Crippen LogP contribution in [0.15, 0.2) is 73.3 Å². The van der Waals surface area contributed by atoms with Gasteiger partial charge in [0.25, 0.3) is 0 Å². The van der Waals surface area contributed by atoms with Gasteiger partial charge in [0, 0.05) is 24.7 Å². The van der Waals surface area contributed by atoms with Crippen LogP contribution in [0.2, 0.25) is 0 Å². The highest BCUT2D eigenvalue weighted by atomic mass is 79.9. The Morgan fingerprint density at radius 2 is 1.31 bits per heavy atom. The van der Waals surface area contributed by atoms with Crippen LogP contribution >= 0.6 is 0 Å². The fourth-order valence-electron chi connectivity index (χ4n) is 5.29. The maximum absolute atomic E-state index is 12.2. The lowest BCUT2D eigenvalue weighted by Gasteiger charge is -2.60. The summed E-state index contributed by atoms with van der Waals surface area (Å²) in [4.78, 5) is 0. The molecule has 3 heteroatoms. The maximum atomic E-state index is 12.2. The lowest BCUT2D eigenvalue weighted by molar-refractivity contribution is -0.941. The van der Waals surface area contributed by atoms with Gasteiger partial charge in [0.1, 0.15) is 5.60 Å². The van der Waals surface area contributed by atoms with Crippen LogP contribution in [0.5, 0.6) is 0 Å². The smallest absolute Gasteiger partial charge is 0.121 e. The first-order valence-corrected chi connectivity index (χ1v) is 9.44. The Kier molecular flexibility index (Phi) is 5.43. The van der Waals surface area contributed by atoms with E-state index < -0.39 is 5.60 Å². The molecule has 3 aliphatic heterocycles. The summed E-state index contributed by atoms with van der Waals surface area (Å²) in [6.07, 6.45) is 5.28. The van der Waals surface area contributed by atoms with E-state index in [1.807, 2.05) is 36.4 Å². The monoisotopic (exact) mass is 413 g/mol. The number of piperidine rings is 3. The Balaban J connectivity index is 0.00000196. The molecule has 3 saturated heterocycles. The average molecular weight is 414 g/mol. The lowest BCUT2D eigenvalue weighted by atomic mass is 9.56. The summed E-state index contributed by atoms with van der Waals surface area (Å²) >= 11 is 0. The van der Waals surface area contributed by atoms with Crippen LogP contribution in [0.25, 0.3) is 0 Å². The maximum Gasteiger partial charge on any atom is 0.121 e. The summed E-state index contributed by atoms with van der Waals surface area (Å²) in [6, 6.07) is 20.6. The van der Waals surface area contributed by atoms with Gasteiger partial charge in [-0.3, -0.25) is 0 Å². The van der Waals surface area contributed by atoms with Crippen LogP contribution in [-0.4, -0.2) is 35.8 Å². The van der Waals surface area contributed by atoms with Gasteiger partial charge in [-0.25, -0.2) is 0 Å². The van der Waals surface area contributed by atoms with Crippen molar-refractivity contribution in [2.45, 2.75) is 24.9 Å². The van der Waals surface area contributed by atoms with Crippen LogP contribution in [0, 0.1) is 5.41 Å². The molecule has 0 aliphatic carbocycles. The van der Waals surface area contributed by atoms with Gasteiger partial charge < -0.3 is 26.6 Å². The molecular formula is C23H28BrNO. The Morgan fingerprint density at radius 3 is 1.69 bits per heavy atom. The van der Waals surface area contributed by atoms with Crippen LogP contribution in [-0.2, 0) is 5.60 Å². The third kappa shape index (κ3) is 2.87. The molecule has 2 aromatic rings. The predicted molar refractivity (Wildman–Crippen MR) is 102 cm³/mol. The molecule has 0 aromatic heterocycles. The number of aliphatic hydroxyl groups is 1. The van der Waals surface area contributed by atoms with Gasteiger partial charge >= 0.3 is 0 Å². The zero-order valence-electron chi connectivity index (χ0n) is 15.3. The van der Waals surface area contributed by atoms with Crippen LogP contribution in [0.4, 0.5) is 0 Å². The Labute approximate surface area is 167 Å². The van der Waals surface area contributed by atoms with E-state index in [0.29, 0.717) is 0 Å². The second-order valence-corrected chi connectivity index (χ2v) is 7.96. The number of fused-ring (bicyclic) bond motifs is 3. The number of quaternary nitrogens is 1. The molecule has 0 radical (unpaired) electrons. The third-order valence-corrected chi connectivity index (χ3v) is 6.86. The summed E-state index contributed by atoms with van der Waals surface area (Å²) in [5, 5.41) is 12.2. The van der Waals surface area contributed by atoms with Gasteiger partial charge in [0.05, 0.1) is 26.2 Å². The number of halogens is 1. The minimum absolute atomic E-state index is 0. The van der Waals surface area contributed by atoms with Gasteiger partial charge in [-0.1, -0.05) is 67.2 Å². The molecule has 0 spiro atoms. The molecule has 2 bridgehead atoms. The highest BCUT2D eigenvalue weighted by Crippen LogP contribution is 2.57. The standard InChI is InChI=1S/C23H28NO.BrH/c1-2-16-24-17-13-22(14-18-24,15-19-24)23(25,20-9-5-3-6-10-20)21-11-7-4-8-12-21;/h2-12,25H,1,13-19H2;1H/q+1;/p-1. The molecule has 26 heavy (non-hydrogen) atoms. The largest absolute Gasteiger partial charge is 1.00 e. The van der Waals surface area contributed by atoms with Crippen LogP contribution < -0.4 is 17.0 Å². The summed E-state index contributed by atoms with van der Waals surface area (Å²) in [5.41, 5.74) is 1.08. The van der Waals surface area contributed by atoms with Crippen molar-refractivity contribution in [3.05, 3.63) is 84.4 Å². The molecule has 0 saturated carbocycles. The average Bonchev–Trinajstić information content (AvgIpc) is 2.70. The number of rotatable bonds is 5. The normalized spacial score (nSPS) is 27.6. The van der Waals surface area contributed by atoms with Crippen molar-refractivity contribution < 1.29 is 26.6 Å². The van der Waals surface area contributed by atoms with Gasteiger partial charge in [0.2, 0.25) is 0 Å². The van der Waals surface area contributed by atoms with E-state index in [1.54, 1.807) is 0 Å². The van der Waals surface area contributed by atoms with E-state index in [4.69, 9.17) is 0 Å². The molecule has 3 fully saturated rings. The molecule has 3 heterocycles. The fraction of sp³-hybridized carbons (Fsp3) is 0.391. The van der Waals surface area contributed by atoms with E-state index >= 15 is 0 Å². The molecule has 0 unspecified atom stereocenters. The lowest BCUT2D eigenvalue weighted by Crippen LogP contribution is -3.00. The van der Waals surface area contributed by atoms with E-state index in [0.717, 1.165) is 61.1 Å². The van der Waals surface area contributed by atoms with E-state index in [9.17, 15) is 5.11 Å². The van der Waals surface area contributed by atoms with Gasteiger partial charge in [-0.15, -0.1) is 0 Å². The molecule has 5 rings (SSSR count). The zero-order valence-corrected chi connectivity index (χ0v) is 16.9. The first-order valence-electron chi connectivity index (χ1n) is 9.44. The summed E-state index contributed by atoms with van der Waals surface area (Å²) in [7, 11) is 0. The molecule has 1 N–H and O–H groups in total. The number of hydrogen-bond donors (Lipinski definition) is 1. The van der Waals surface area contributed by atoms with Crippen LogP contribution in [0.3, 0.4) is 0 Å². The molecule has 0 amide bonds. The Morgan fingerprint density at radius 1 is 0.885 bits per heavy atom. The summed E-state index contributed by atoms with van der Waals surface area (Å²) in [5.74, 6) is 0. The van der Waals surface area contributed by atoms with Crippen molar-refractivity contribution in [1.82, 2.24) is 0 Å². The molecule has 138 valence electrons. The number of hydrogen-bond acceptors (Lipinski definition) is 1. The molecular weight excluding hydrogens is 386 g/mol. The minimum atomic E-state index is -0.916. The van der Waals surface area contributed by atoms with Crippen molar-refractivity contribution in [1.29, 1.82) is 0 Å². The van der Waals surface area contributed by atoms with Gasteiger partial charge in [-0.05, 0) is 17.2 Å². The number of benzene rings is 2. The highest BCUT2D eigenvalue weighted by molar-refractivity contribution is 5.39. The van der Waals surface area contributed by atoms with E-state index in [-0.39, 0.29) is 22.4 Å². The first-order chi connectivity index (χ1) is 12.1. The Bertz CT molecular complexity index is 679. The van der Waals surface area contributed by atoms with Crippen molar-refractivity contribution in [2.75, 3.05) is 26.2 Å². The summed E-state index contributed by atoms with van der Waals surface area (Å²) in [6.45, 7) is 8.46. The fourth-order valence-corrected chi connectivity index (χ4v) is 5.29. The van der Waals surface area contributed by atoms with Crippen molar-refractivity contribution >= 4 is 0 Å².